The number of halogens is 1. The van der Waals surface area contributed by atoms with Crippen molar-refractivity contribution in [3.05, 3.63) is 42.2 Å². The molecule has 4 aromatic rings. The molecule has 3 heterocycles. The Labute approximate surface area is 152 Å². The Morgan fingerprint density at radius 2 is 2.04 bits per heavy atom. The number of rotatable bonds is 4. The summed E-state index contributed by atoms with van der Waals surface area (Å²) >= 11 is 0. The van der Waals surface area contributed by atoms with Crippen LogP contribution in [-0.4, -0.2) is 33.6 Å². The fourth-order valence-corrected chi connectivity index (χ4v) is 3.18. The van der Waals surface area contributed by atoms with Crippen molar-refractivity contribution in [2.24, 2.45) is 7.05 Å². The normalized spacial score (nSPS) is 11.0. The Hall–Kier alpha value is -2.57. The molecule has 0 aliphatic heterocycles. The van der Waals surface area contributed by atoms with Crippen LogP contribution >= 0.6 is 12.4 Å². The first-order valence-electron chi connectivity index (χ1n) is 7.96. The zero-order valence-electron chi connectivity index (χ0n) is 14.4. The molecule has 130 valence electrons. The topological polar surface area (TPSA) is 70.6 Å². The number of H-pyrrole nitrogens is 1. The number of aryl methyl sites for hydroxylation is 1. The first-order valence-corrected chi connectivity index (χ1v) is 7.96. The zero-order chi connectivity index (χ0) is 16.7. The number of imidazole rings is 1. The van der Waals surface area contributed by atoms with Gasteiger partial charge in [0.15, 0.2) is 5.82 Å². The fraction of sp³-hybridized carbons (Fsp3) is 0.222. The van der Waals surface area contributed by atoms with E-state index in [4.69, 9.17) is 0 Å². The first-order chi connectivity index (χ1) is 11.7. The Morgan fingerprint density at radius 3 is 2.80 bits per heavy atom. The van der Waals surface area contributed by atoms with Crippen LogP contribution in [0.25, 0.3) is 33.3 Å². The predicted molar refractivity (Wildman–Crippen MR) is 105 cm³/mol. The minimum atomic E-state index is 0. The summed E-state index contributed by atoms with van der Waals surface area (Å²) < 4.78 is 2.04. The highest BCUT2D eigenvalue weighted by atomic mass is 35.5. The van der Waals surface area contributed by atoms with Crippen molar-refractivity contribution in [1.82, 2.24) is 24.8 Å². The largest absolute Gasteiger partial charge is 0.371 e. The van der Waals surface area contributed by atoms with Gasteiger partial charge in [-0.15, -0.1) is 12.4 Å². The van der Waals surface area contributed by atoms with Crippen molar-refractivity contribution in [2.45, 2.75) is 6.54 Å². The summed E-state index contributed by atoms with van der Waals surface area (Å²) in [6.07, 6.45) is 1.83. The van der Waals surface area contributed by atoms with E-state index in [1.165, 1.54) is 5.56 Å². The second-order valence-corrected chi connectivity index (χ2v) is 5.94. The number of fused-ring (bicyclic) bond motifs is 3. The number of nitrogens with zero attached hydrogens (tertiary/aromatic N) is 3. The number of benzene rings is 1. The molecule has 0 unspecified atom stereocenters. The van der Waals surface area contributed by atoms with Crippen molar-refractivity contribution in [3.63, 3.8) is 0 Å². The van der Waals surface area contributed by atoms with E-state index in [2.05, 4.69) is 55.9 Å². The minimum absolute atomic E-state index is 0. The second-order valence-electron chi connectivity index (χ2n) is 5.94. The van der Waals surface area contributed by atoms with Crippen molar-refractivity contribution in [3.8, 4) is 11.3 Å². The van der Waals surface area contributed by atoms with Crippen LogP contribution in [0.5, 0.6) is 0 Å². The number of hydrogen-bond donors (Lipinski definition) is 3. The Morgan fingerprint density at radius 1 is 1.20 bits per heavy atom. The van der Waals surface area contributed by atoms with Gasteiger partial charge in [-0.2, -0.15) is 0 Å². The molecule has 0 fully saturated rings. The van der Waals surface area contributed by atoms with Gasteiger partial charge in [-0.05, 0) is 30.3 Å². The van der Waals surface area contributed by atoms with Gasteiger partial charge in [-0.3, -0.25) is 0 Å². The molecule has 1 aromatic carbocycles. The van der Waals surface area contributed by atoms with E-state index in [9.17, 15) is 0 Å². The monoisotopic (exact) mass is 356 g/mol. The lowest BCUT2D eigenvalue weighted by atomic mass is 10.1. The Bertz CT molecular complexity index is 1030. The van der Waals surface area contributed by atoms with Gasteiger partial charge in [0.2, 0.25) is 0 Å². The van der Waals surface area contributed by atoms with E-state index in [0.717, 1.165) is 45.7 Å². The molecule has 0 aliphatic rings. The van der Waals surface area contributed by atoms with Gasteiger partial charge in [0.1, 0.15) is 11.2 Å². The molecule has 3 aromatic heterocycles. The third-order valence-corrected chi connectivity index (χ3v) is 4.29. The zero-order valence-corrected chi connectivity index (χ0v) is 15.2. The lowest BCUT2D eigenvalue weighted by Gasteiger charge is -2.03. The molecule has 4 rings (SSSR count). The summed E-state index contributed by atoms with van der Waals surface area (Å²) in [5.74, 6) is 0.787. The van der Waals surface area contributed by atoms with Gasteiger partial charge in [0, 0.05) is 31.7 Å². The molecule has 0 atom stereocenters. The van der Waals surface area contributed by atoms with Crippen molar-refractivity contribution in [2.75, 3.05) is 19.4 Å². The molecule has 0 bridgehead atoms. The number of pyridine rings is 1. The van der Waals surface area contributed by atoms with Gasteiger partial charge < -0.3 is 20.2 Å². The predicted octanol–water partition coefficient (Wildman–Crippen LogP) is 3.30. The Kier molecular flexibility index (Phi) is 4.65. The third kappa shape index (κ3) is 2.83. The highest BCUT2D eigenvalue weighted by Gasteiger charge is 2.15. The van der Waals surface area contributed by atoms with E-state index < -0.39 is 0 Å². The summed E-state index contributed by atoms with van der Waals surface area (Å²) in [4.78, 5) is 12.6. The quantitative estimate of drug-likeness (QED) is 0.524. The van der Waals surface area contributed by atoms with Crippen LogP contribution in [0, 0.1) is 0 Å². The smallest absolute Gasteiger partial charge is 0.156 e. The molecule has 3 N–H and O–H groups in total. The molecular weight excluding hydrogens is 336 g/mol. The fourth-order valence-electron chi connectivity index (χ4n) is 3.18. The lowest BCUT2D eigenvalue weighted by molar-refractivity contribution is 0.818. The van der Waals surface area contributed by atoms with E-state index in [0.29, 0.717) is 0 Å². The van der Waals surface area contributed by atoms with Crippen LogP contribution in [0.1, 0.15) is 5.56 Å². The number of hydrogen-bond acceptors (Lipinski definition) is 4. The minimum Gasteiger partial charge on any atom is -0.371 e. The molecule has 0 radical (unpaired) electrons. The van der Waals surface area contributed by atoms with Crippen molar-refractivity contribution in [1.29, 1.82) is 0 Å². The maximum absolute atomic E-state index is 4.69. The van der Waals surface area contributed by atoms with Gasteiger partial charge in [0.25, 0.3) is 0 Å². The molecule has 0 aliphatic carbocycles. The van der Waals surface area contributed by atoms with Crippen LogP contribution in [0.2, 0.25) is 0 Å². The van der Waals surface area contributed by atoms with Crippen molar-refractivity contribution < 1.29 is 0 Å². The molecule has 0 spiro atoms. The van der Waals surface area contributed by atoms with E-state index in [-0.39, 0.29) is 12.4 Å². The molecule has 6 nitrogen and oxygen atoms in total. The van der Waals surface area contributed by atoms with E-state index >= 15 is 0 Å². The molecule has 7 heteroatoms. The summed E-state index contributed by atoms with van der Waals surface area (Å²) in [7, 11) is 5.83. The van der Waals surface area contributed by atoms with E-state index in [1.54, 1.807) is 0 Å². The van der Waals surface area contributed by atoms with Gasteiger partial charge in [-0.1, -0.05) is 18.2 Å². The van der Waals surface area contributed by atoms with Crippen LogP contribution in [0.4, 0.5) is 5.82 Å². The summed E-state index contributed by atoms with van der Waals surface area (Å²) in [6.45, 7) is 0.849. The van der Waals surface area contributed by atoms with Crippen molar-refractivity contribution >= 4 is 40.3 Å². The lowest BCUT2D eigenvalue weighted by Crippen LogP contribution is -2.04. The van der Waals surface area contributed by atoms with Gasteiger partial charge >= 0.3 is 0 Å². The average molecular weight is 357 g/mol. The molecular formula is C18H21ClN6. The standard InChI is InChI=1S/C18H20N6.ClH/c1-19-9-11-5-4-6-12(7-11)14-8-13-16-15(21-10-24(16)3)18(20-2)23-17(13)22-14;/h4-8,10,19H,9H2,1-3H3,(H2,20,22,23);1H. The number of aromatic amines is 1. The number of nitrogens with one attached hydrogen (secondary N) is 3. The second kappa shape index (κ2) is 6.74. The molecule has 25 heavy (non-hydrogen) atoms. The SMILES string of the molecule is CNCc1cccc(-c2cc3c(nc(NC)c4ncn(C)c43)[nH]2)c1.Cl. The first kappa shape index (κ1) is 17.3. The third-order valence-electron chi connectivity index (χ3n) is 4.29. The Balaban J connectivity index is 0.00000182. The van der Waals surface area contributed by atoms with Gasteiger partial charge in [0.05, 0.1) is 11.8 Å². The summed E-state index contributed by atoms with van der Waals surface area (Å²) in [6, 6.07) is 10.7. The average Bonchev–Trinajstić information content (AvgIpc) is 3.18. The van der Waals surface area contributed by atoms with Crippen LogP contribution in [0.15, 0.2) is 36.7 Å². The highest BCUT2D eigenvalue weighted by Crippen LogP contribution is 2.31. The van der Waals surface area contributed by atoms with Crippen LogP contribution in [-0.2, 0) is 13.6 Å². The molecule has 0 saturated heterocycles. The van der Waals surface area contributed by atoms with Crippen LogP contribution in [0.3, 0.4) is 0 Å². The van der Waals surface area contributed by atoms with Crippen LogP contribution < -0.4 is 10.6 Å². The van der Waals surface area contributed by atoms with Gasteiger partial charge in [-0.25, -0.2) is 9.97 Å². The number of anilines is 1. The number of aromatic nitrogens is 4. The summed E-state index contributed by atoms with van der Waals surface area (Å²) in [5, 5.41) is 7.41. The maximum atomic E-state index is 4.69. The summed E-state index contributed by atoms with van der Waals surface area (Å²) in [5.41, 5.74) is 6.31. The molecule has 0 amide bonds. The van der Waals surface area contributed by atoms with E-state index in [1.807, 2.05) is 32.0 Å². The maximum Gasteiger partial charge on any atom is 0.156 e. The highest BCUT2D eigenvalue weighted by molar-refractivity contribution is 6.07. The molecule has 0 saturated carbocycles.